The number of carbonyl (C=O) groups excluding carboxylic acids is 1. The molecule has 3 aromatic carbocycles. The molecule has 0 amide bonds. The third-order valence-corrected chi connectivity index (χ3v) is 7.09. The first-order chi connectivity index (χ1) is 20.5. The van der Waals surface area contributed by atoms with Crippen molar-refractivity contribution in [3.8, 4) is 28.0 Å². The van der Waals surface area contributed by atoms with Crippen molar-refractivity contribution in [3.05, 3.63) is 111 Å². The highest BCUT2D eigenvalue weighted by Crippen LogP contribution is 2.29. The van der Waals surface area contributed by atoms with Gasteiger partial charge < -0.3 is 9.57 Å². The molecule has 0 saturated heterocycles. The van der Waals surface area contributed by atoms with Crippen molar-refractivity contribution in [1.29, 1.82) is 0 Å². The summed E-state index contributed by atoms with van der Waals surface area (Å²) in [5, 5.41) is -0.377. The zero-order chi connectivity index (χ0) is 32.4. The van der Waals surface area contributed by atoms with Crippen LogP contribution in [0, 0.1) is 13.8 Å². The van der Waals surface area contributed by atoms with E-state index in [1.165, 1.54) is 26.0 Å². The fraction of sp³-hybridized carbons (Fsp3) is 0.226. The second-order valence-electron chi connectivity index (χ2n) is 10.00. The third-order valence-electron chi connectivity index (χ3n) is 6.64. The molecule has 0 atom stereocenters. The smallest absolute Gasteiger partial charge is 0.406 e. The molecule has 4 aromatic rings. The van der Waals surface area contributed by atoms with Gasteiger partial charge in [0, 0.05) is 13.1 Å². The van der Waals surface area contributed by atoms with Crippen LogP contribution in [-0.2, 0) is 17.9 Å². The van der Waals surface area contributed by atoms with Gasteiger partial charge in [-0.1, -0.05) is 72.3 Å². The molecule has 0 bridgehead atoms. The topological polar surface area (TPSA) is 60.8 Å². The molecular weight excluding hydrogens is 614 g/mol. The number of hydrogen-bond acceptors (Lipinski definition) is 5. The van der Waals surface area contributed by atoms with Crippen LogP contribution in [-0.4, -0.2) is 35.2 Å². The van der Waals surface area contributed by atoms with Gasteiger partial charge in [-0.3, -0.25) is 9.69 Å². The molecular formula is C31H25ClF6N2O4. The van der Waals surface area contributed by atoms with Crippen LogP contribution in [0.4, 0.5) is 26.3 Å². The van der Waals surface area contributed by atoms with Gasteiger partial charge in [0.05, 0.1) is 17.0 Å². The molecule has 1 heterocycles. The molecule has 0 aliphatic heterocycles. The van der Waals surface area contributed by atoms with E-state index in [1.807, 2.05) is 36.2 Å². The second kappa shape index (κ2) is 12.7. The summed E-state index contributed by atoms with van der Waals surface area (Å²) < 4.78 is 80.0. The SMILES string of the molecule is Cc1c(Cl)c(=O)c(-c2ccc(-c3ccc(CN(C)Cc4ccc(OC(F)(F)F)cc4)cc3)cc2)c(C)n1OC(=O)C(F)(F)F. The van der Waals surface area contributed by atoms with Gasteiger partial charge in [-0.2, -0.15) is 17.9 Å². The molecule has 4 rings (SSSR count). The lowest BCUT2D eigenvalue weighted by Crippen LogP contribution is -2.36. The molecule has 0 unspecified atom stereocenters. The lowest BCUT2D eigenvalue weighted by atomic mass is 9.98. The number of halogens is 7. The number of pyridine rings is 1. The van der Waals surface area contributed by atoms with Crippen molar-refractivity contribution < 1.29 is 40.7 Å². The lowest BCUT2D eigenvalue weighted by molar-refractivity contribution is -0.274. The number of ether oxygens (including phenoxy) is 1. The Morgan fingerprint density at radius 2 is 1.23 bits per heavy atom. The molecule has 0 radical (unpaired) electrons. The summed E-state index contributed by atoms with van der Waals surface area (Å²) in [7, 11) is 1.88. The van der Waals surface area contributed by atoms with E-state index in [0.717, 1.165) is 22.3 Å². The van der Waals surface area contributed by atoms with E-state index in [4.69, 9.17) is 11.6 Å². The van der Waals surface area contributed by atoms with Gasteiger partial charge in [-0.15, -0.1) is 13.2 Å². The van der Waals surface area contributed by atoms with Crippen LogP contribution in [0.3, 0.4) is 0 Å². The van der Waals surface area contributed by atoms with Crippen LogP contribution in [0.15, 0.2) is 77.6 Å². The predicted molar refractivity (Wildman–Crippen MR) is 152 cm³/mol. The van der Waals surface area contributed by atoms with Gasteiger partial charge in [-0.25, -0.2) is 4.79 Å². The minimum atomic E-state index is -5.24. The lowest BCUT2D eigenvalue weighted by Gasteiger charge is -2.19. The number of benzene rings is 3. The summed E-state index contributed by atoms with van der Waals surface area (Å²) in [6.07, 6.45) is -9.99. The number of hydrogen-bond donors (Lipinski definition) is 0. The second-order valence-corrected chi connectivity index (χ2v) is 10.4. The molecule has 0 spiro atoms. The van der Waals surface area contributed by atoms with E-state index in [9.17, 15) is 35.9 Å². The minimum Gasteiger partial charge on any atom is -0.406 e. The first-order valence-electron chi connectivity index (χ1n) is 13.0. The Morgan fingerprint density at radius 1 is 0.773 bits per heavy atom. The van der Waals surface area contributed by atoms with Gasteiger partial charge in [0.15, 0.2) is 0 Å². The predicted octanol–water partition coefficient (Wildman–Crippen LogP) is 7.50. The van der Waals surface area contributed by atoms with Gasteiger partial charge in [0.25, 0.3) is 0 Å². The van der Waals surface area contributed by atoms with Gasteiger partial charge in [0.1, 0.15) is 10.8 Å². The van der Waals surface area contributed by atoms with Crippen LogP contribution in [0.25, 0.3) is 22.3 Å². The molecule has 0 fully saturated rings. The van der Waals surface area contributed by atoms with E-state index in [1.54, 1.807) is 36.4 Å². The van der Waals surface area contributed by atoms with Gasteiger partial charge in [0.2, 0.25) is 5.43 Å². The van der Waals surface area contributed by atoms with Crippen molar-refractivity contribution in [2.45, 2.75) is 39.5 Å². The summed E-state index contributed by atoms with van der Waals surface area (Å²) in [5.74, 6) is -2.73. The highest BCUT2D eigenvalue weighted by molar-refractivity contribution is 6.31. The zero-order valence-electron chi connectivity index (χ0n) is 23.5. The number of nitrogens with zero attached hydrogens (tertiary/aromatic N) is 2. The van der Waals surface area contributed by atoms with Gasteiger partial charge >= 0.3 is 18.5 Å². The van der Waals surface area contributed by atoms with Crippen LogP contribution in [0.2, 0.25) is 5.02 Å². The Hall–Kier alpha value is -4.29. The van der Waals surface area contributed by atoms with Crippen molar-refractivity contribution in [3.63, 3.8) is 0 Å². The largest absolute Gasteiger partial charge is 0.573 e. The number of alkyl halides is 6. The maximum Gasteiger partial charge on any atom is 0.573 e. The standard InChI is InChI=1S/C31H25ClF6N2O4/c1-18-26(28(41)27(32)19(2)40(18)44-29(42)30(33,34)35)24-12-10-23(11-13-24)22-8-4-20(5-9-22)16-39(3)17-21-6-14-25(15-7-21)43-31(36,37)38/h4-15H,16-17H2,1-3H3. The molecule has 13 heteroatoms. The average Bonchev–Trinajstić information content (AvgIpc) is 2.95. The first-order valence-corrected chi connectivity index (χ1v) is 13.4. The Morgan fingerprint density at radius 3 is 1.70 bits per heavy atom. The summed E-state index contributed by atoms with van der Waals surface area (Å²) in [6.45, 7) is 3.68. The number of rotatable bonds is 8. The first kappa shape index (κ1) is 32.6. The Bertz CT molecular complexity index is 1700. The summed E-state index contributed by atoms with van der Waals surface area (Å²) >= 11 is 6.11. The van der Waals surface area contributed by atoms with Crippen LogP contribution in [0.1, 0.15) is 22.5 Å². The highest BCUT2D eigenvalue weighted by Gasteiger charge is 2.42. The molecule has 44 heavy (non-hydrogen) atoms. The summed E-state index contributed by atoms with van der Waals surface area (Å²) in [4.78, 5) is 30.9. The molecule has 1 aromatic heterocycles. The fourth-order valence-electron chi connectivity index (χ4n) is 4.60. The molecule has 0 aliphatic carbocycles. The van der Waals surface area contributed by atoms with E-state index in [2.05, 4.69) is 9.57 Å². The molecule has 0 N–H and O–H groups in total. The van der Waals surface area contributed by atoms with Crippen molar-refractivity contribution >= 4 is 17.6 Å². The number of aromatic nitrogens is 1. The average molecular weight is 639 g/mol. The zero-order valence-corrected chi connectivity index (χ0v) is 24.3. The normalized spacial score (nSPS) is 12.0. The maximum absolute atomic E-state index is 12.9. The molecule has 0 aliphatic rings. The maximum atomic E-state index is 12.9. The monoisotopic (exact) mass is 638 g/mol. The Kier molecular flexibility index (Phi) is 9.45. The van der Waals surface area contributed by atoms with Crippen LogP contribution in [0.5, 0.6) is 5.75 Å². The van der Waals surface area contributed by atoms with Gasteiger partial charge in [-0.05, 0) is 60.8 Å². The minimum absolute atomic E-state index is 0.0111. The van der Waals surface area contributed by atoms with Crippen LogP contribution < -0.4 is 15.0 Å². The van der Waals surface area contributed by atoms with Crippen molar-refractivity contribution in [1.82, 2.24) is 9.63 Å². The Balaban J connectivity index is 1.47. The molecule has 6 nitrogen and oxygen atoms in total. The highest BCUT2D eigenvalue weighted by atomic mass is 35.5. The summed E-state index contributed by atoms with van der Waals surface area (Å²) in [5.41, 5.74) is 3.03. The number of carbonyl (C=O) groups is 1. The van der Waals surface area contributed by atoms with E-state index < -0.39 is 23.9 Å². The molecule has 232 valence electrons. The van der Waals surface area contributed by atoms with E-state index >= 15 is 0 Å². The third kappa shape index (κ3) is 7.80. The van der Waals surface area contributed by atoms with Crippen molar-refractivity contribution in [2.24, 2.45) is 0 Å². The summed E-state index contributed by atoms with van der Waals surface area (Å²) in [6, 6.07) is 20.0. The Labute approximate surface area is 253 Å². The van der Waals surface area contributed by atoms with Crippen molar-refractivity contribution in [2.75, 3.05) is 7.05 Å². The van der Waals surface area contributed by atoms with Crippen LogP contribution >= 0.6 is 11.6 Å². The van der Waals surface area contributed by atoms with E-state index in [0.29, 0.717) is 23.4 Å². The fourth-order valence-corrected chi connectivity index (χ4v) is 4.77. The van der Waals surface area contributed by atoms with E-state index in [-0.39, 0.29) is 27.7 Å². The molecule has 0 saturated carbocycles. The quantitative estimate of drug-likeness (QED) is 0.187.